The Morgan fingerprint density at radius 1 is 1.17 bits per heavy atom. The van der Waals surface area contributed by atoms with Gasteiger partial charge in [-0.1, -0.05) is 35.0 Å². The van der Waals surface area contributed by atoms with Crippen LogP contribution in [-0.2, 0) is 6.42 Å². The maximum absolute atomic E-state index is 3.37. The Kier molecular flexibility index (Phi) is 7.11. The molecule has 0 unspecified atom stereocenters. The third-order valence-electron chi connectivity index (χ3n) is 1.32. The van der Waals surface area contributed by atoms with Crippen molar-refractivity contribution in [3.8, 4) is 0 Å². The lowest BCUT2D eigenvalue weighted by Crippen LogP contribution is -1.89. The molecule has 12 heavy (non-hydrogen) atoms. The first kappa shape index (κ1) is 11.7. The van der Waals surface area contributed by atoms with Crippen LogP contribution in [0.4, 0.5) is 0 Å². The summed E-state index contributed by atoms with van der Waals surface area (Å²) in [5.74, 6) is 0. The summed E-state index contributed by atoms with van der Waals surface area (Å²) in [6.45, 7) is 2.16. The molecular formula is C10H16BrN. The van der Waals surface area contributed by atoms with Crippen LogP contribution in [0, 0.1) is 0 Å². The van der Waals surface area contributed by atoms with Gasteiger partial charge < -0.3 is 5.32 Å². The van der Waals surface area contributed by atoms with Crippen molar-refractivity contribution in [2.75, 3.05) is 14.1 Å². The Morgan fingerprint density at radius 2 is 1.58 bits per heavy atom. The number of aryl methyl sites for hydroxylation is 1. The summed E-state index contributed by atoms with van der Waals surface area (Å²) in [5.41, 5.74) is 1.39. The standard InChI is InChI=1S/C8H9Br.C2H7N/c1-2-7-3-5-8(9)6-4-7;1-3-2/h3-6H,2H2,1H3;3H,1-2H3. The number of nitrogens with one attached hydrogen (secondary N) is 1. The Balaban J connectivity index is 0.000000354. The monoisotopic (exact) mass is 229 g/mol. The van der Waals surface area contributed by atoms with E-state index in [9.17, 15) is 0 Å². The summed E-state index contributed by atoms with van der Waals surface area (Å²) in [4.78, 5) is 0. The van der Waals surface area contributed by atoms with Crippen molar-refractivity contribution < 1.29 is 0 Å². The molecule has 1 aromatic rings. The molecular weight excluding hydrogens is 214 g/mol. The lowest BCUT2D eigenvalue weighted by Gasteiger charge is -1.93. The molecule has 0 amide bonds. The molecule has 1 nitrogen and oxygen atoms in total. The van der Waals surface area contributed by atoms with Gasteiger partial charge >= 0.3 is 0 Å². The number of hydrogen-bond donors (Lipinski definition) is 1. The second kappa shape index (κ2) is 7.32. The van der Waals surface area contributed by atoms with Gasteiger partial charge in [0, 0.05) is 4.47 Å². The largest absolute Gasteiger partial charge is 0.323 e. The lowest BCUT2D eigenvalue weighted by atomic mass is 10.2. The van der Waals surface area contributed by atoms with Crippen molar-refractivity contribution in [3.05, 3.63) is 34.3 Å². The van der Waals surface area contributed by atoms with Crippen LogP contribution in [0.25, 0.3) is 0 Å². The molecule has 0 atom stereocenters. The zero-order chi connectivity index (χ0) is 9.40. The average Bonchev–Trinajstić information content (AvgIpc) is 2.07. The molecule has 0 aliphatic rings. The van der Waals surface area contributed by atoms with Crippen molar-refractivity contribution in [3.63, 3.8) is 0 Å². The highest BCUT2D eigenvalue weighted by Crippen LogP contribution is 2.10. The van der Waals surface area contributed by atoms with Gasteiger partial charge in [0.1, 0.15) is 0 Å². The first-order valence-electron chi connectivity index (χ1n) is 4.07. The van der Waals surface area contributed by atoms with Gasteiger partial charge in [0.2, 0.25) is 0 Å². The van der Waals surface area contributed by atoms with E-state index in [2.05, 4.69) is 52.4 Å². The summed E-state index contributed by atoms with van der Waals surface area (Å²) < 4.78 is 1.15. The molecule has 0 radical (unpaired) electrons. The van der Waals surface area contributed by atoms with Gasteiger partial charge in [-0.15, -0.1) is 0 Å². The predicted octanol–water partition coefficient (Wildman–Crippen LogP) is 2.85. The fourth-order valence-electron chi connectivity index (χ4n) is 0.720. The first-order valence-corrected chi connectivity index (χ1v) is 4.86. The minimum absolute atomic E-state index is 1.12. The summed E-state index contributed by atoms with van der Waals surface area (Å²) >= 11 is 3.37. The SMILES string of the molecule is CCc1ccc(Br)cc1.CNC. The molecule has 0 heterocycles. The van der Waals surface area contributed by atoms with Crippen molar-refractivity contribution >= 4 is 15.9 Å². The molecule has 0 saturated heterocycles. The van der Waals surface area contributed by atoms with Crippen molar-refractivity contribution in [1.82, 2.24) is 5.32 Å². The van der Waals surface area contributed by atoms with E-state index < -0.39 is 0 Å². The van der Waals surface area contributed by atoms with Crippen molar-refractivity contribution in [1.29, 1.82) is 0 Å². The van der Waals surface area contributed by atoms with Crippen LogP contribution in [0.2, 0.25) is 0 Å². The van der Waals surface area contributed by atoms with Crippen molar-refractivity contribution in [2.45, 2.75) is 13.3 Å². The zero-order valence-corrected chi connectivity index (χ0v) is 9.48. The minimum atomic E-state index is 1.12. The number of benzene rings is 1. The van der Waals surface area contributed by atoms with Crippen LogP contribution in [0.5, 0.6) is 0 Å². The van der Waals surface area contributed by atoms with Crippen LogP contribution in [0.3, 0.4) is 0 Å². The number of rotatable bonds is 1. The second-order valence-electron chi connectivity index (χ2n) is 2.48. The molecule has 1 rings (SSSR count). The zero-order valence-electron chi connectivity index (χ0n) is 7.89. The average molecular weight is 230 g/mol. The quantitative estimate of drug-likeness (QED) is 0.782. The summed E-state index contributed by atoms with van der Waals surface area (Å²) in [6, 6.07) is 8.39. The maximum atomic E-state index is 3.37. The van der Waals surface area contributed by atoms with E-state index in [0.717, 1.165) is 10.9 Å². The normalized spacial score (nSPS) is 8.67. The molecule has 2 heteroatoms. The summed E-state index contributed by atoms with van der Waals surface area (Å²) in [6.07, 6.45) is 1.12. The second-order valence-corrected chi connectivity index (χ2v) is 3.40. The van der Waals surface area contributed by atoms with E-state index in [-0.39, 0.29) is 0 Å². The fourth-order valence-corrected chi connectivity index (χ4v) is 0.984. The van der Waals surface area contributed by atoms with Gasteiger partial charge in [0.25, 0.3) is 0 Å². The van der Waals surface area contributed by atoms with E-state index >= 15 is 0 Å². The molecule has 0 aliphatic carbocycles. The number of halogens is 1. The van der Waals surface area contributed by atoms with Crippen LogP contribution in [0.15, 0.2) is 28.7 Å². The Bertz CT molecular complexity index is 193. The molecule has 0 fully saturated rings. The Hall–Kier alpha value is -0.340. The molecule has 0 aromatic heterocycles. The van der Waals surface area contributed by atoms with E-state index in [0.29, 0.717) is 0 Å². The topological polar surface area (TPSA) is 12.0 Å². The molecule has 1 aromatic carbocycles. The molecule has 0 spiro atoms. The summed E-state index contributed by atoms with van der Waals surface area (Å²) in [7, 11) is 3.75. The lowest BCUT2D eigenvalue weighted by molar-refractivity contribution is 1.02. The van der Waals surface area contributed by atoms with E-state index in [1.165, 1.54) is 5.56 Å². The third-order valence-corrected chi connectivity index (χ3v) is 1.85. The summed E-state index contributed by atoms with van der Waals surface area (Å²) in [5, 5.41) is 2.75. The van der Waals surface area contributed by atoms with Gasteiger partial charge in [-0.25, -0.2) is 0 Å². The Morgan fingerprint density at radius 3 is 1.92 bits per heavy atom. The third kappa shape index (κ3) is 5.33. The van der Waals surface area contributed by atoms with Gasteiger partial charge in [-0.3, -0.25) is 0 Å². The van der Waals surface area contributed by atoms with Crippen LogP contribution >= 0.6 is 15.9 Å². The fraction of sp³-hybridized carbons (Fsp3) is 0.400. The minimum Gasteiger partial charge on any atom is -0.323 e. The Labute approximate surface area is 83.3 Å². The van der Waals surface area contributed by atoms with Gasteiger partial charge in [-0.2, -0.15) is 0 Å². The molecule has 1 N–H and O–H groups in total. The van der Waals surface area contributed by atoms with Gasteiger partial charge in [0.05, 0.1) is 0 Å². The predicted molar refractivity (Wildman–Crippen MR) is 58.5 cm³/mol. The maximum Gasteiger partial charge on any atom is 0.0175 e. The highest BCUT2D eigenvalue weighted by Gasteiger charge is 1.86. The van der Waals surface area contributed by atoms with Crippen LogP contribution in [0.1, 0.15) is 12.5 Å². The molecule has 0 saturated carbocycles. The smallest absolute Gasteiger partial charge is 0.0175 e. The number of hydrogen-bond acceptors (Lipinski definition) is 1. The highest BCUT2D eigenvalue weighted by atomic mass is 79.9. The first-order chi connectivity index (χ1) is 5.74. The van der Waals surface area contributed by atoms with E-state index in [4.69, 9.17) is 0 Å². The molecule has 68 valence electrons. The van der Waals surface area contributed by atoms with Gasteiger partial charge in [-0.05, 0) is 38.2 Å². The molecule has 0 aliphatic heterocycles. The molecule has 0 bridgehead atoms. The highest BCUT2D eigenvalue weighted by molar-refractivity contribution is 9.10. The van der Waals surface area contributed by atoms with Crippen LogP contribution in [-0.4, -0.2) is 14.1 Å². The van der Waals surface area contributed by atoms with E-state index in [1.807, 2.05) is 14.1 Å². The van der Waals surface area contributed by atoms with Crippen molar-refractivity contribution in [2.24, 2.45) is 0 Å². The van der Waals surface area contributed by atoms with E-state index in [1.54, 1.807) is 0 Å². The van der Waals surface area contributed by atoms with Gasteiger partial charge in [0.15, 0.2) is 0 Å². The van der Waals surface area contributed by atoms with Crippen LogP contribution < -0.4 is 5.32 Å².